The van der Waals surface area contributed by atoms with Crippen molar-refractivity contribution in [2.24, 2.45) is 5.41 Å². The molecule has 0 saturated heterocycles. The van der Waals surface area contributed by atoms with E-state index in [1.807, 2.05) is 0 Å². The summed E-state index contributed by atoms with van der Waals surface area (Å²) in [7, 11) is 0. The molecule has 1 fully saturated rings. The number of aldehydes is 1. The molecule has 84 valence electrons. The van der Waals surface area contributed by atoms with Crippen LogP contribution in [0.1, 0.15) is 23.2 Å². The molecule has 0 radical (unpaired) electrons. The summed E-state index contributed by atoms with van der Waals surface area (Å²) >= 11 is 3.34. The molecular formula is C12H11BrO3. The number of carbonyl (C=O) groups excluding carboxylic acids is 1. The summed E-state index contributed by atoms with van der Waals surface area (Å²) in [4.78, 5) is 10.8. The van der Waals surface area contributed by atoms with Gasteiger partial charge in [-0.1, -0.05) is 0 Å². The first-order valence-corrected chi connectivity index (χ1v) is 6.06. The van der Waals surface area contributed by atoms with Gasteiger partial charge in [-0.25, -0.2) is 0 Å². The Bertz CT molecular complexity index is 452. The first kappa shape index (κ1) is 10.1. The summed E-state index contributed by atoms with van der Waals surface area (Å²) in [6.07, 6.45) is 3.15. The summed E-state index contributed by atoms with van der Waals surface area (Å²) < 4.78 is 12.2. The first-order valence-electron chi connectivity index (χ1n) is 5.27. The molecule has 2 aliphatic rings. The minimum absolute atomic E-state index is 0.229. The Morgan fingerprint density at radius 2 is 1.81 bits per heavy atom. The number of hydrogen-bond acceptors (Lipinski definition) is 3. The second-order valence-corrected chi connectivity index (χ2v) is 5.37. The largest absolute Gasteiger partial charge is 0.489 e. The Hall–Kier alpha value is -1.03. The molecule has 1 heterocycles. The zero-order valence-electron chi connectivity index (χ0n) is 8.66. The van der Waals surface area contributed by atoms with E-state index in [0.717, 1.165) is 16.5 Å². The van der Waals surface area contributed by atoms with Crippen LogP contribution in [-0.2, 0) is 0 Å². The quantitative estimate of drug-likeness (QED) is 0.743. The average molecular weight is 283 g/mol. The smallest absolute Gasteiger partial charge is 0.162 e. The van der Waals surface area contributed by atoms with Crippen molar-refractivity contribution in [3.8, 4) is 11.5 Å². The molecule has 1 saturated carbocycles. The third-order valence-corrected chi connectivity index (χ3v) is 3.90. The molecule has 1 aromatic carbocycles. The van der Waals surface area contributed by atoms with Gasteiger partial charge in [0.15, 0.2) is 17.8 Å². The predicted molar refractivity (Wildman–Crippen MR) is 62.2 cm³/mol. The second-order valence-electron chi connectivity index (χ2n) is 4.52. The summed E-state index contributed by atoms with van der Waals surface area (Å²) in [5.74, 6) is 1.40. The van der Waals surface area contributed by atoms with Crippen molar-refractivity contribution < 1.29 is 14.3 Å². The lowest BCUT2D eigenvalue weighted by molar-refractivity contribution is 0.112. The van der Waals surface area contributed by atoms with Crippen molar-refractivity contribution in [2.45, 2.75) is 12.8 Å². The van der Waals surface area contributed by atoms with E-state index in [1.54, 1.807) is 12.1 Å². The maximum atomic E-state index is 10.8. The molecule has 0 unspecified atom stereocenters. The molecular weight excluding hydrogens is 272 g/mol. The van der Waals surface area contributed by atoms with E-state index in [4.69, 9.17) is 9.47 Å². The van der Waals surface area contributed by atoms with E-state index in [0.29, 0.717) is 24.5 Å². The summed E-state index contributed by atoms with van der Waals surface area (Å²) in [6, 6.07) is 3.54. The van der Waals surface area contributed by atoms with Gasteiger partial charge in [0.25, 0.3) is 0 Å². The van der Waals surface area contributed by atoms with E-state index >= 15 is 0 Å². The van der Waals surface area contributed by atoms with Gasteiger partial charge in [-0.3, -0.25) is 4.79 Å². The molecule has 0 amide bonds. The Morgan fingerprint density at radius 1 is 1.19 bits per heavy atom. The molecule has 0 N–H and O–H groups in total. The summed E-state index contributed by atoms with van der Waals surface area (Å²) in [5, 5.41) is 0. The van der Waals surface area contributed by atoms with Gasteiger partial charge < -0.3 is 9.47 Å². The number of carbonyl (C=O) groups is 1. The molecule has 3 rings (SSSR count). The number of benzene rings is 1. The van der Waals surface area contributed by atoms with Crippen LogP contribution in [0.15, 0.2) is 16.6 Å². The van der Waals surface area contributed by atoms with Crippen LogP contribution in [0.25, 0.3) is 0 Å². The lowest BCUT2D eigenvalue weighted by Gasteiger charge is -2.08. The molecule has 0 aromatic heterocycles. The first-order chi connectivity index (χ1) is 7.72. The number of halogens is 1. The Morgan fingerprint density at radius 3 is 2.38 bits per heavy atom. The predicted octanol–water partition coefficient (Wildman–Crippen LogP) is 2.81. The van der Waals surface area contributed by atoms with Crippen molar-refractivity contribution in [1.82, 2.24) is 0 Å². The third-order valence-electron chi connectivity index (χ3n) is 3.21. The number of rotatable bonds is 1. The van der Waals surface area contributed by atoms with E-state index < -0.39 is 0 Å². The Kier molecular flexibility index (Phi) is 2.21. The zero-order valence-corrected chi connectivity index (χ0v) is 10.2. The number of ether oxygens (including phenoxy) is 2. The van der Waals surface area contributed by atoms with Gasteiger partial charge in [0.05, 0.1) is 13.2 Å². The second kappa shape index (κ2) is 3.48. The topological polar surface area (TPSA) is 35.5 Å². The van der Waals surface area contributed by atoms with Gasteiger partial charge >= 0.3 is 0 Å². The van der Waals surface area contributed by atoms with Crippen LogP contribution in [0, 0.1) is 5.41 Å². The molecule has 1 aliphatic carbocycles. The van der Waals surface area contributed by atoms with Crippen LogP contribution in [-0.4, -0.2) is 19.5 Å². The van der Waals surface area contributed by atoms with E-state index in [1.165, 1.54) is 12.8 Å². The van der Waals surface area contributed by atoms with E-state index in [2.05, 4.69) is 15.9 Å². The molecule has 3 nitrogen and oxygen atoms in total. The van der Waals surface area contributed by atoms with Gasteiger partial charge in [0.2, 0.25) is 0 Å². The van der Waals surface area contributed by atoms with Crippen molar-refractivity contribution >= 4 is 22.2 Å². The molecule has 1 aliphatic heterocycles. The maximum Gasteiger partial charge on any atom is 0.162 e. The van der Waals surface area contributed by atoms with E-state index in [-0.39, 0.29) is 5.41 Å². The fraction of sp³-hybridized carbons (Fsp3) is 0.417. The molecule has 0 bridgehead atoms. The van der Waals surface area contributed by atoms with Crippen molar-refractivity contribution in [3.63, 3.8) is 0 Å². The highest BCUT2D eigenvalue weighted by Crippen LogP contribution is 2.49. The van der Waals surface area contributed by atoms with Gasteiger partial charge in [-0.05, 0) is 40.9 Å². The van der Waals surface area contributed by atoms with Crippen LogP contribution >= 0.6 is 15.9 Å². The Labute approximate surface area is 102 Å². The summed E-state index contributed by atoms with van der Waals surface area (Å²) in [5.41, 5.74) is 0.821. The molecule has 4 heteroatoms. The number of hydrogen-bond donors (Lipinski definition) is 0. The van der Waals surface area contributed by atoms with Crippen LogP contribution in [0.4, 0.5) is 0 Å². The summed E-state index contributed by atoms with van der Waals surface area (Å²) in [6.45, 7) is 1.41. The van der Waals surface area contributed by atoms with Crippen molar-refractivity contribution in [1.29, 1.82) is 0 Å². The fourth-order valence-corrected chi connectivity index (χ4v) is 2.25. The lowest BCUT2D eigenvalue weighted by Crippen LogP contribution is -2.17. The van der Waals surface area contributed by atoms with Gasteiger partial charge in [0.1, 0.15) is 0 Å². The van der Waals surface area contributed by atoms with Gasteiger partial charge in [-0.2, -0.15) is 0 Å². The zero-order chi connectivity index (χ0) is 11.2. The molecule has 1 aromatic rings. The SMILES string of the molecule is O=Cc1cc2c(cc1Br)OCC1(CC1)CO2. The third kappa shape index (κ3) is 1.61. The fourth-order valence-electron chi connectivity index (χ4n) is 1.84. The minimum atomic E-state index is 0.229. The highest BCUT2D eigenvalue weighted by atomic mass is 79.9. The monoisotopic (exact) mass is 282 g/mol. The Balaban J connectivity index is 1.97. The average Bonchev–Trinajstić information content (AvgIpc) is 3.07. The standard InChI is InChI=1S/C12H11BrO3/c13-9-4-11-10(3-8(9)5-14)15-6-12(1-2-12)7-16-11/h3-5H,1-2,6-7H2. The van der Waals surface area contributed by atoms with Crippen LogP contribution in [0.3, 0.4) is 0 Å². The van der Waals surface area contributed by atoms with Gasteiger partial charge in [-0.15, -0.1) is 0 Å². The molecule has 0 atom stereocenters. The van der Waals surface area contributed by atoms with Crippen molar-refractivity contribution in [3.05, 3.63) is 22.2 Å². The van der Waals surface area contributed by atoms with Crippen LogP contribution in [0.5, 0.6) is 11.5 Å². The van der Waals surface area contributed by atoms with E-state index in [9.17, 15) is 4.79 Å². The van der Waals surface area contributed by atoms with Crippen LogP contribution < -0.4 is 9.47 Å². The highest BCUT2D eigenvalue weighted by Gasteiger charge is 2.46. The maximum absolute atomic E-state index is 10.8. The highest BCUT2D eigenvalue weighted by molar-refractivity contribution is 9.10. The van der Waals surface area contributed by atoms with Crippen molar-refractivity contribution in [2.75, 3.05) is 13.2 Å². The number of fused-ring (bicyclic) bond motifs is 1. The molecule has 1 spiro atoms. The lowest BCUT2D eigenvalue weighted by atomic mass is 10.1. The van der Waals surface area contributed by atoms with Crippen LogP contribution in [0.2, 0.25) is 0 Å². The van der Waals surface area contributed by atoms with Gasteiger partial charge in [0, 0.05) is 15.5 Å². The normalized spacial score (nSPS) is 20.3. The minimum Gasteiger partial charge on any atom is -0.489 e. The molecule has 16 heavy (non-hydrogen) atoms.